The molecule has 19 heavy (non-hydrogen) atoms. The highest BCUT2D eigenvalue weighted by molar-refractivity contribution is 5.87. The maximum atomic E-state index is 11.7. The number of aliphatic carboxylic acids is 1. The molecule has 1 aromatic carbocycles. The molecule has 4 nitrogen and oxygen atoms in total. The van der Waals surface area contributed by atoms with Gasteiger partial charge < -0.3 is 14.3 Å². The topological polar surface area (TPSA) is 59.7 Å². The number of furan rings is 1. The molecule has 0 amide bonds. The lowest BCUT2D eigenvalue weighted by molar-refractivity contribution is -0.144. The second-order valence-corrected chi connectivity index (χ2v) is 5.08. The molecule has 1 N–H and O–H groups in total. The summed E-state index contributed by atoms with van der Waals surface area (Å²) in [4.78, 5) is 11.7. The Morgan fingerprint density at radius 2 is 2.11 bits per heavy atom. The minimum atomic E-state index is -0.857. The van der Waals surface area contributed by atoms with Crippen LogP contribution in [0.25, 0.3) is 11.0 Å². The fraction of sp³-hybridized carbons (Fsp3) is 0.400. The summed E-state index contributed by atoms with van der Waals surface area (Å²) < 4.78 is 11.1. The van der Waals surface area contributed by atoms with Crippen molar-refractivity contribution in [2.45, 2.75) is 31.1 Å². The van der Waals surface area contributed by atoms with E-state index in [2.05, 4.69) is 0 Å². The number of carbonyl (C=O) groups is 1. The van der Waals surface area contributed by atoms with E-state index in [1.54, 1.807) is 7.11 Å². The summed E-state index contributed by atoms with van der Waals surface area (Å²) in [6, 6.07) is 7.45. The summed E-state index contributed by atoms with van der Waals surface area (Å²) in [5, 5.41) is 10.5. The van der Waals surface area contributed by atoms with Gasteiger partial charge in [-0.05, 0) is 25.0 Å². The second kappa shape index (κ2) is 4.30. The van der Waals surface area contributed by atoms with Crippen LogP contribution in [0.15, 0.2) is 28.7 Å². The van der Waals surface area contributed by atoms with Gasteiger partial charge in [-0.15, -0.1) is 0 Å². The number of ether oxygens (including phenoxy) is 1. The van der Waals surface area contributed by atoms with E-state index in [9.17, 15) is 9.90 Å². The van der Waals surface area contributed by atoms with Crippen LogP contribution in [0.1, 0.15) is 31.4 Å². The van der Waals surface area contributed by atoms with Crippen molar-refractivity contribution in [1.29, 1.82) is 0 Å². The molecule has 1 aliphatic carbocycles. The molecule has 0 atom stereocenters. The number of carboxylic acids is 1. The SMILES string of the molecule is COc1cccc2cc(C3(C(=O)O)CCCC3)oc12. The number of hydrogen-bond acceptors (Lipinski definition) is 3. The Bertz CT molecular complexity index is 620. The van der Waals surface area contributed by atoms with Crippen LogP contribution in [0.2, 0.25) is 0 Å². The zero-order valence-corrected chi connectivity index (χ0v) is 10.8. The minimum absolute atomic E-state index is 0.553. The van der Waals surface area contributed by atoms with E-state index in [0.29, 0.717) is 29.9 Å². The Labute approximate surface area is 111 Å². The lowest BCUT2D eigenvalue weighted by atomic mass is 9.83. The zero-order valence-electron chi connectivity index (χ0n) is 10.8. The summed E-state index contributed by atoms with van der Waals surface area (Å²) in [6.45, 7) is 0. The summed E-state index contributed by atoms with van der Waals surface area (Å²) in [7, 11) is 1.58. The Morgan fingerprint density at radius 3 is 2.74 bits per heavy atom. The number of benzene rings is 1. The average molecular weight is 260 g/mol. The van der Waals surface area contributed by atoms with Crippen LogP contribution in [-0.2, 0) is 10.2 Å². The normalized spacial score (nSPS) is 17.7. The molecule has 1 aromatic heterocycles. The van der Waals surface area contributed by atoms with Crippen LogP contribution in [0.5, 0.6) is 5.75 Å². The molecule has 1 fully saturated rings. The van der Waals surface area contributed by atoms with Gasteiger partial charge in [-0.3, -0.25) is 4.79 Å². The van der Waals surface area contributed by atoms with Gasteiger partial charge >= 0.3 is 5.97 Å². The van der Waals surface area contributed by atoms with Crippen LogP contribution < -0.4 is 4.74 Å². The van der Waals surface area contributed by atoms with E-state index >= 15 is 0 Å². The number of hydrogen-bond donors (Lipinski definition) is 1. The lowest BCUT2D eigenvalue weighted by Gasteiger charge is -2.20. The molecule has 1 heterocycles. The predicted molar refractivity (Wildman–Crippen MR) is 70.5 cm³/mol. The van der Waals surface area contributed by atoms with Crippen molar-refractivity contribution in [3.63, 3.8) is 0 Å². The Hall–Kier alpha value is -1.97. The lowest BCUT2D eigenvalue weighted by Crippen LogP contribution is -2.31. The van der Waals surface area contributed by atoms with Crippen LogP contribution in [0, 0.1) is 0 Å². The van der Waals surface area contributed by atoms with Gasteiger partial charge in [0.2, 0.25) is 0 Å². The molecule has 1 saturated carbocycles. The van der Waals surface area contributed by atoms with Crippen molar-refractivity contribution < 1.29 is 19.1 Å². The van der Waals surface area contributed by atoms with Crippen LogP contribution >= 0.6 is 0 Å². The van der Waals surface area contributed by atoms with E-state index in [4.69, 9.17) is 9.15 Å². The van der Waals surface area contributed by atoms with Crippen molar-refractivity contribution in [1.82, 2.24) is 0 Å². The maximum Gasteiger partial charge on any atom is 0.317 e. The van der Waals surface area contributed by atoms with Crippen molar-refractivity contribution in [2.24, 2.45) is 0 Å². The Morgan fingerprint density at radius 1 is 1.37 bits per heavy atom. The monoisotopic (exact) mass is 260 g/mol. The largest absolute Gasteiger partial charge is 0.493 e. The molecule has 0 unspecified atom stereocenters. The molecule has 3 rings (SSSR count). The molecule has 0 radical (unpaired) electrons. The summed E-state index contributed by atoms with van der Waals surface area (Å²) in [6.07, 6.45) is 3.15. The highest BCUT2D eigenvalue weighted by Gasteiger charge is 2.45. The first-order valence-electron chi connectivity index (χ1n) is 6.48. The average Bonchev–Trinajstić information content (AvgIpc) is 3.04. The van der Waals surface area contributed by atoms with Gasteiger partial charge in [0.15, 0.2) is 11.3 Å². The third-order valence-electron chi connectivity index (χ3n) is 4.07. The molecule has 2 aromatic rings. The molecule has 4 heteroatoms. The van der Waals surface area contributed by atoms with E-state index in [0.717, 1.165) is 18.2 Å². The summed E-state index contributed by atoms with van der Waals surface area (Å²) in [5.74, 6) is 0.405. The minimum Gasteiger partial charge on any atom is -0.493 e. The van der Waals surface area contributed by atoms with Gasteiger partial charge in [-0.25, -0.2) is 0 Å². The number of para-hydroxylation sites is 1. The Kier molecular flexibility index (Phi) is 2.73. The van der Waals surface area contributed by atoms with Crippen LogP contribution in [0.3, 0.4) is 0 Å². The molecule has 0 spiro atoms. The van der Waals surface area contributed by atoms with E-state index in [1.807, 2.05) is 24.3 Å². The highest BCUT2D eigenvalue weighted by atomic mass is 16.5. The fourth-order valence-corrected chi connectivity index (χ4v) is 2.98. The molecular weight excluding hydrogens is 244 g/mol. The first-order chi connectivity index (χ1) is 9.17. The van der Waals surface area contributed by atoms with E-state index in [1.165, 1.54) is 0 Å². The molecule has 100 valence electrons. The van der Waals surface area contributed by atoms with Crippen molar-refractivity contribution in [3.8, 4) is 5.75 Å². The number of carboxylic acid groups (broad SMARTS) is 1. The molecule has 0 bridgehead atoms. The summed E-state index contributed by atoms with van der Waals surface area (Å²) >= 11 is 0. The highest BCUT2D eigenvalue weighted by Crippen LogP contribution is 2.44. The van der Waals surface area contributed by atoms with Gasteiger partial charge in [0.05, 0.1) is 7.11 Å². The molecule has 0 aliphatic heterocycles. The van der Waals surface area contributed by atoms with E-state index in [-0.39, 0.29) is 0 Å². The number of rotatable bonds is 3. The van der Waals surface area contributed by atoms with Crippen LogP contribution in [0.4, 0.5) is 0 Å². The second-order valence-electron chi connectivity index (χ2n) is 5.08. The Balaban J connectivity index is 2.17. The van der Waals surface area contributed by atoms with Gasteiger partial charge in [0.25, 0.3) is 0 Å². The van der Waals surface area contributed by atoms with Crippen molar-refractivity contribution >= 4 is 16.9 Å². The molecular formula is C15H16O4. The fourth-order valence-electron chi connectivity index (χ4n) is 2.98. The van der Waals surface area contributed by atoms with Gasteiger partial charge in [0, 0.05) is 5.39 Å². The van der Waals surface area contributed by atoms with Crippen molar-refractivity contribution in [2.75, 3.05) is 7.11 Å². The van der Waals surface area contributed by atoms with Crippen molar-refractivity contribution in [3.05, 3.63) is 30.0 Å². The zero-order chi connectivity index (χ0) is 13.5. The standard InChI is InChI=1S/C15H16O4/c1-18-11-6-4-5-10-9-12(19-13(10)11)15(14(16)17)7-2-3-8-15/h4-6,9H,2-3,7-8H2,1H3,(H,16,17). The van der Waals surface area contributed by atoms with Gasteiger partial charge in [-0.2, -0.15) is 0 Å². The molecule has 1 aliphatic rings. The van der Waals surface area contributed by atoms with E-state index < -0.39 is 11.4 Å². The van der Waals surface area contributed by atoms with Gasteiger partial charge in [0.1, 0.15) is 11.2 Å². The first-order valence-corrected chi connectivity index (χ1v) is 6.48. The first kappa shape index (κ1) is 12.1. The molecule has 0 saturated heterocycles. The number of fused-ring (bicyclic) bond motifs is 1. The quantitative estimate of drug-likeness (QED) is 0.919. The smallest absolute Gasteiger partial charge is 0.317 e. The third-order valence-corrected chi connectivity index (χ3v) is 4.07. The van der Waals surface area contributed by atoms with Gasteiger partial charge in [-0.1, -0.05) is 25.0 Å². The third kappa shape index (κ3) is 1.70. The van der Waals surface area contributed by atoms with Crippen LogP contribution in [-0.4, -0.2) is 18.2 Å². The maximum absolute atomic E-state index is 11.7. The number of methoxy groups -OCH3 is 1. The summed E-state index contributed by atoms with van der Waals surface area (Å²) in [5.41, 5.74) is -0.225. The predicted octanol–water partition coefficient (Wildman–Crippen LogP) is 3.34.